The molecule has 0 radical (unpaired) electrons. The summed E-state index contributed by atoms with van der Waals surface area (Å²) in [6.45, 7) is 4.20. The van der Waals surface area contributed by atoms with Crippen molar-refractivity contribution in [3.8, 4) is 11.3 Å². The van der Waals surface area contributed by atoms with Gasteiger partial charge >= 0.3 is 0 Å². The van der Waals surface area contributed by atoms with Gasteiger partial charge in [0.05, 0.1) is 24.9 Å². The van der Waals surface area contributed by atoms with Gasteiger partial charge in [-0.1, -0.05) is 0 Å². The highest BCUT2D eigenvalue weighted by Gasteiger charge is 2.19. The Labute approximate surface area is 112 Å². The molecule has 0 aliphatic carbocycles. The normalized spacial score (nSPS) is 19.3. The smallest absolute Gasteiger partial charge is 0.148 e. The Morgan fingerprint density at radius 1 is 1.26 bits per heavy atom. The fourth-order valence-electron chi connectivity index (χ4n) is 2.15. The molecule has 3 heterocycles. The lowest BCUT2D eigenvalue weighted by Crippen LogP contribution is -2.35. The number of hydrogen-bond donors (Lipinski definition) is 1. The second kappa shape index (κ2) is 5.42. The molecular weight excluding hydrogens is 240 g/mol. The summed E-state index contributed by atoms with van der Waals surface area (Å²) in [6, 6.07) is 5.98. The third-order valence-electron chi connectivity index (χ3n) is 3.08. The lowest BCUT2D eigenvalue weighted by atomic mass is 10.1. The van der Waals surface area contributed by atoms with Gasteiger partial charge in [0.15, 0.2) is 0 Å². The van der Waals surface area contributed by atoms with E-state index in [1.165, 1.54) is 0 Å². The van der Waals surface area contributed by atoms with Crippen LogP contribution in [0.15, 0.2) is 30.6 Å². The van der Waals surface area contributed by atoms with E-state index in [1.54, 1.807) is 12.4 Å². The Hall–Kier alpha value is -1.85. The van der Waals surface area contributed by atoms with Gasteiger partial charge in [-0.3, -0.25) is 4.98 Å². The van der Waals surface area contributed by atoms with Gasteiger partial charge in [-0.2, -0.15) is 0 Å². The predicted octanol–water partition coefficient (Wildman–Crippen LogP) is 1.51. The highest BCUT2D eigenvalue weighted by atomic mass is 16.5. The number of aryl methyl sites for hydroxylation is 1. The summed E-state index contributed by atoms with van der Waals surface area (Å²) in [4.78, 5) is 13.2. The summed E-state index contributed by atoms with van der Waals surface area (Å²) in [7, 11) is 0. The Morgan fingerprint density at radius 3 is 2.84 bits per heavy atom. The first-order valence-electron chi connectivity index (χ1n) is 6.40. The number of aromatic nitrogens is 3. The van der Waals surface area contributed by atoms with Gasteiger partial charge in [0.25, 0.3) is 0 Å². The first-order chi connectivity index (χ1) is 9.33. The Kier molecular flexibility index (Phi) is 3.48. The van der Waals surface area contributed by atoms with E-state index in [-0.39, 0.29) is 6.04 Å². The first-order valence-corrected chi connectivity index (χ1v) is 6.40. The zero-order chi connectivity index (χ0) is 13.1. The molecule has 0 amide bonds. The number of nitrogens with one attached hydrogen (secondary N) is 1. The highest BCUT2D eigenvalue weighted by Crippen LogP contribution is 2.20. The molecule has 19 heavy (non-hydrogen) atoms. The van der Waals surface area contributed by atoms with Gasteiger partial charge in [-0.05, 0) is 25.1 Å². The molecule has 1 unspecified atom stereocenters. The van der Waals surface area contributed by atoms with Gasteiger partial charge in [0.1, 0.15) is 5.82 Å². The van der Waals surface area contributed by atoms with E-state index in [1.807, 2.05) is 25.1 Å². The largest absolute Gasteiger partial charge is 0.378 e. The van der Waals surface area contributed by atoms with Gasteiger partial charge in [-0.15, -0.1) is 0 Å². The van der Waals surface area contributed by atoms with E-state index in [0.717, 1.165) is 35.9 Å². The molecule has 2 aromatic heterocycles. The summed E-state index contributed by atoms with van der Waals surface area (Å²) >= 11 is 0. The van der Waals surface area contributed by atoms with Crippen molar-refractivity contribution in [2.24, 2.45) is 0 Å². The Bertz CT molecular complexity index is 553. The van der Waals surface area contributed by atoms with Crippen molar-refractivity contribution in [2.75, 3.05) is 19.8 Å². The number of ether oxygens (including phenoxy) is 1. The highest BCUT2D eigenvalue weighted by molar-refractivity contribution is 5.58. The molecule has 1 saturated heterocycles. The number of hydrogen-bond acceptors (Lipinski definition) is 5. The van der Waals surface area contributed by atoms with Gasteiger partial charge in [0, 0.05) is 30.2 Å². The number of pyridine rings is 1. The summed E-state index contributed by atoms with van der Waals surface area (Å²) in [5.74, 6) is 0.798. The van der Waals surface area contributed by atoms with Crippen LogP contribution in [0.2, 0.25) is 0 Å². The number of rotatable bonds is 2. The second-order valence-corrected chi connectivity index (χ2v) is 4.57. The molecule has 0 saturated carbocycles. The van der Waals surface area contributed by atoms with Crippen LogP contribution in [-0.4, -0.2) is 34.7 Å². The van der Waals surface area contributed by atoms with E-state index in [9.17, 15) is 0 Å². The van der Waals surface area contributed by atoms with Crippen molar-refractivity contribution >= 4 is 0 Å². The molecular formula is C14H16N4O. The number of nitrogens with zero attached hydrogens (tertiary/aromatic N) is 3. The van der Waals surface area contributed by atoms with Crippen LogP contribution in [0.5, 0.6) is 0 Å². The minimum Gasteiger partial charge on any atom is -0.378 e. The van der Waals surface area contributed by atoms with Crippen LogP contribution in [0.25, 0.3) is 11.3 Å². The molecule has 2 aromatic rings. The summed E-state index contributed by atoms with van der Waals surface area (Å²) in [5.41, 5.74) is 2.94. The van der Waals surface area contributed by atoms with Gasteiger partial charge in [-0.25, -0.2) is 9.97 Å². The molecule has 3 rings (SSSR count). The average molecular weight is 256 g/mol. The maximum atomic E-state index is 5.47. The van der Waals surface area contributed by atoms with Crippen LogP contribution in [0.1, 0.15) is 17.6 Å². The second-order valence-electron chi connectivity index (χ2n) is 4.57. The molecule has 1 aliphatic heterocycles. The minimum atomic E-state index is 0.0780. The Balaban J connectivity index is 1.96. The van der Waals surface area contributed by atoms with Crippen LogP contribution in [-0.2, 0) is 4.74 Å². The minimum absolute atomic E-state index is 0.0780. The molecule has 1 atom stereocenters. The molecule has 5 nitrogen and oxygen atoms in total. The van der Waals surface area contributed by atoms with E-state index >= 15 is 0 Å². The van der Waals surface area contributed by atoms with E-state index in [2.05, 4.69) is 20.3 Å². The third-order valence-corrected chi connectivity index (χ3v) is 3.08. The molecule has 0 bridgehead atoms. The maximum Gasteiger partial charge on any atom is 0.148 e. The molecule has 1 fully saturated rings. The molecule has 1 aliphatic rings. The first kappa shape index (κ1) is 12.2. The fourth-order valence-corrected chi connectivity index (χ4v) is 2.15. The van der Waals surface area contributed by atoms with E-state index < -0.39 is 0 Å². The Morgan fingerprint density at radius 2 is 2.11 bits per heavy atom. The van der Waals surface area contributed by atoms with Crippen molar-refractivity contribution in [3.63, 3.8) is 0 Å². The zero-order valence-electron chi connectivity index (χ0n) is 10.8. The average Bonchev–Trinajstić information content (AvgIpc) is 2.48. The van der Waals surface area contributed by atoms with Crippen LogP contribution in [0, 0.1) is 6.92 Å². The molecule has 1 N–H and O–H groups in total. The van der Waals surface area contributed by atoms with E-state index in [4.69, 9.17) is 4.74 Å². The van der Waals surface area contributed by atoms with Crippen LogP contribution >= 0.6 is 0 Å². The third kappa shape index (κ3) is 2.77. The standard InChI is InChI=1S/C14H16N4O/c1-10-8-12(11-2-4-15-5-3-11)18-14(17-10)13-9-19-7-6-16-13/h2-5,8,13,16H,6-7,9H2,1H3. The van der Waals surface area contributed by atoms with E-state index in [0.29, 0.717) is 6.61 Å². The molecule has 5 heteroatoms. The van der Waals surface area contributed by atoms with Crippen molar-refractivity contribution in [1.29, 1.82) is 0 Å². The lowest BCUT2D eigenvalue weighted by molar-refractivity contribution is 0.0742. The van der Waals surface area contributed by atoms with Crippen molar-refractivity contribution in [2.45, 2.75) is 13.0 Å². The zero-order valence-corrected chi connectivity index (χ0v) is 10.8. The van der Waals surface area contributed by atoms with Crippen LogP contribution < -0.4 is 5.32 Å². The van der Waals surface area contributed by atoms with Crippen LogP contribution in [0.4, 0.5) is 0 Å². The quantitative estimate of drug-likeness (QED) is 0.882. The molecule has 0 spiro atoms. The summed E-state index contributed by atoms with van der Waals surface area (Å²) < 4.78 is 5.47. The monoisotopic (exact) mass is 256 g/mol. The maximum absolute atomic E-state index is 5.47. The van der Waals surface area contributed by atoms with Gasteiger partial charge < -0.3 is 10.1 Å². The number of morpholine rings is 1. The summed E-state index contributed by atoms with van der Waals surface area (Å²) in [6.07, 6.45) is 3.54. The lowest BCUT2D eigenvalue weighted by Gasteiger charge is -2.23. The SMILES string of the molecule is Cc1cc(-c2ccncc2)nc(C2COCCN2)n1. The predicted molar refractivity (Wildman–Crippen MR) is 71.6 cm³/mol. The molecule has 0 aromatic carbocycles. The summed E-state index contributed by atoms with van der Waals surface area (Å²) in [5, 5.41) is 3.38. The fraction of sp³-hybridized carbons (Fsp3) is 0.357. The van der Waals surface area contributed by atoms with Crippen molar-refractivity contribution in [3.05, 3.63) is 42.1 Å². The van der Waals surface area contributed by atoms with Crippen molar-refractivity contribution < 1.29 is 4.74 Å². The topological polar surface area (TPSA) is 59.9 Å². The van der Waals surface area contributed by atoms with Gasteiger partial charge in [0.2, 0.25) is 0 Å². The van der Waals surface area contributed by atoms with Crippen molar-refractivity contribution in [1.82, 2.24) is 20.3 Å². The van der Waals surface area contributed by atoms with Crippen LogP contribution in [0.3, 0.4) is 0 Å². The molecule has 98 valence electrons.